The molecule has 0 aliphatic carbocycles. The van der Waals surface area contributed by atoms with Gasteiger partial charge >= 0.3 is 51.4 Å². The third-order valence-corrected chi connectivity index (χ3v) is 2.42. The molecule has 0 saturated heterocycles. The molecule has 1 rings (SSSR count). The van der Waals surface area contributed by atoms with Crippen LogP contribution in [0.4, 0.5) is 0 Å². The summed E-state index contributed by atoms with van der Waals surface area (Å²) in [7, 11) is 0. The van der Waals surface area contributed by atoms with Crippen molar-refractivity contribution < 1.29 is 70.8 Å². The Balaban J connectivity index is 0. The number of allylic oxidation sites excluding steroid dienone is 2. The smallest absolute Gasteiger partial charge is 0.508 e. The third kappa shape index (κ3) is 12.8. The van der Waals surface area contributed by atoms with E-state index in [0.29, 0.717) is 19.5 Å². The van der Waals surface area contributed by atoms with Crippen molar-refractivity contribution in [3.8, 4) is 5.75 Å². The minimum atomic E-state index is 0. The van der Waals surface area contributed by atoms with E-state index in [-0.39, 0.29) is 57.1 Å². The Morgan fingerprint density at radius 1 is 1.29 bits per heavy atom. The van der Waals surface area contributed by atoms with Crippen molar-refractivity contribution in [3.05, 3.63) is 47.9 Å². The standard InChI is InChI=1S/C9H10O3.C7H11O.K/c10-7-12-6-5-8-1-3-9(11)4-2-8;1-3-5-7(4-2)6-8;/h1-4,7,11H,5-6H2;4-6H,3H2,1-2H3;/q;-1;+1/b;7-4+;. The van der Waals surface area contributed by atoms with Gasteiger partial charge in [-0.05, 0) is 17.7 Å². The molecule has 4 nitrogen and oxygen atoms in total. The van der Waals surface area contributed by atoms with E-state index in [1.54, 1.807) is 30.3 Å². The zero-order valence-corrected chi connectivity index (χ0v) is 16.0. The molecule has 0 aliphatic rings. The molecule has 0 heterocycles. The zero-order valence-electron chi connectivity index (χ0n) is 12.9. The minimum Gasteiger partial charge on any atom is -0.508 e. The quantitative estimate of drug-likeness (QED) is 0.250. The Morgan fingerprint density at radius 3 is 2.29 bits per heavy atom. The maximum absolute atomic E-state index is 10.0. The average Bonchev–Trinajstić information content (AvgIpc) is 2.48. The molecule has 1 aromatic carbocycles. The van der Waals surface area contributed by atoms with E-state index in [0.717, 1.165) is 23.8 Å². The molecule has 110 valence electrons. The van der Waals surface area contributed by atoms with Crippen molar-refractivity contribution in [1.82, 2.24) is 0 Å². The van der Waals surface area contributed by atoms with Crippen LogP contribution in [0.25, 0.3) is 0 Å². The Hall–Kier alpha value is -0.594. The van der Waals surface area contributed by atoms with E-state index < -0.39 is 0 Å². The molecule has 0 amide bonds. The minimum absolute atomic E-state index is 0. The van der Waals surface area contributed by atoms with Gasteiger partial charge in [-0.2, -0.15) is 18.1 Å². The van der Waals surface area contributed by atoms with Gasteiger partial charge < -0.3 is 14.6 Å². The van der Waals surface area contributed by atoms with Crippen molar-refractivity contribution in [2.75, 3.05) is 6.61 Å². The van der Waals surface area contributed by atoms with E-state index in [9.17, 15) is 9.59 Å². The molecule has 1 N–H and O–H groups in total. The number of carbonyl (C=O) groups excluding carboxylic acids is 2. The number of carbonyl (C=O) groups is 2. The summed E-state index contributed by atoms with van der Waals surface area (Å²) in [6.45, 7) is 4.68. The molecule has 0 radical (unpaired) electrons. The summed E-state index contributed by atoms with van der Waals surface area (Å²) >= 11 is 0. The maximum Gasteiger partial charge on any atom is 1.00 e. The van der Waals surface area contributed by atoms with Gasteiger partial charge in [-0.15, -0.1) is 0 Å². The van der Waals surface area contributed by atoms with Gasteiger partial charge in [0.05, 0.1) is 6.61 Å². The number of aldehydes is 1. The number of rotatable bonds is 7. The Labute approximate surface area is 169 Å². The molecule has 0 aromatic heterocycles. The maximum atomic E-state index is 10.0. The predicted octanol–water partition coefficient (Wildman–Crippen LogP) is -0.142. The van der Waals surface area contributed by atoms with Crippen LogP contribution in [-0.2, 0) is 20.7 Å². The van der Waals surface area contributed by atoms with Crippen LogP contribution in [0.2, 0.25) is 0 Å². The Bertz CT molecular complexity index is 413. The first-order valence-electron chi connectivity index (χ1n) is 6.45. The SMILES string of the molecule is C/C=C(/C=O)[CH-]CC.O=COCCc1ccc(O)cc1.[K+]. The topological polar surface area (TPSA) is 63.6 Å². The summed E-state index contributed by atoms with van der Waals surface area (Å²) in [5.74, 6) is 0.245. The van der Waals surface area contributed by atoms with Crippen molar-refractivity contribution >= 4 is 12.8 Å². The fourth-order valence-corrected chi connectivity index (χ4v) is 1.36. The largest absolute Gasteiger partial charge is 1.00 e. The molecule has 0 aliphatic heterocycles. The van der Waals surface area contributed by atoms with Crippen LogP contribution in [0.5, 0.6) is 5.75 Å². The molecule has 1 aromatic rings. The van der Waals surface area contributed by atoms with Gasteiger partial charge in [0.2, 0.25) is 0 Å². The fourth-order valence-electron chi connectivity index (χ4n) is 1.36. The molecular formula is C16H21KO4. The first kappa shape index (κ1) is 22.7. The van der Waals surface area contributed by atoms with Gasteiger partial charge in [0.25, 0.3) is 6.47 Å². The second kappa shape index (κ2) is 15.8. The normalized spacial score (nSPS) is 9.52. The van der Waals surface area contributed by atoms with E-state index in [1.165, 1.54) is 0 Å². The Kier molecular flexibility index (Phi) is 17.1. The molecule has 5 heteroatoms. The van der Waals surface area contributed by atoms with Crippen LogP contribution in [0, 0.1) is 6.42 Å². The molecule has 0 fully saturated rings. The monoisotopic (exact) mass is 316 g/mol. The summed E-state index contributed by atoms with van der Waals surface area (Å²) in [5, 5.41) is 8.94. The summed E-state index contributed by atoms with van der Waals surface area (Å²) in [6.07, 6.45) is 6.17. The summed E-state index contributed by atoms with van der Waals surface area (Å²) < 4.78 is 4.52. The van der Waals surface area contributed by atoms with Crippen LogP contribution in [-0.4, -0.2) is 24.5 Å². The van der Waals surface area contributed by atoms with Gasteiger partial charge in [-0.25, -0.2) is 0 Å². The van der Waals surface area contributed by atoms with Crippen LogP contribution in [0.3, 0.4) is 0 Å². The predicted molar refractivity (Wildman–Crippen MR) is 78.2 cm³/mol. The number of hydrogen-bond acceptors (Lipinski definition) is 4. The molecule has 0 unspecified atom stereocenters. The van der Waals surface area contributed by atoms with Crippen molar-refractivity contribution in [2.45, 2.75) is 26.7 Å². The second-order valence-corrected chi connectivity index (χ2v) is 3.90. The summed E-state index contributed by atoms with van der Waals surface area (Å²) in [5.41, 5.74) is 1.82. The fraction of sp³-hybridized carbons (Fsp3) is 0.312. The van der Waals surface area contributed by atoms with E-state index in [1.807, 2.05) is 20.3 Å². The third-order valence-electron chi connectivity index (χ3n) is 2.42. The van der Waals surface area contributed by atoms with Crippen molar-refractivity contribution in [3.63, 3.8) is 0 Å². The van der Waals surface area contributed by atoms with Crippen LogP contribution in [0.1, 0.15) is 25.8 Å². The van der Waals surface area contributed by atoms with E-state index >= 15 is 0 Å². The van der Waals surface area contributed by atoms with Gasteiger partial charge in [0.15, 0.2) is 0 Å². The summed E-state index contributed by atoms with van der Waals surface area (Å²) in [4.78, 5) is 19.8. The van der Waals surface area contributed by atoms with E-state index in [2.05, 4.69) is 4.74 Å². The number of phenolic OH excluding ortho intramolecular Hbond substituents is 1. The van der Waals surface area contributed by atoms with Crippen LogP contribution < -0.4 is 51.4 Å². The van der Waals surface area contributed by atoms with Gasteiger partial charge in [0, 0.05) is 12.7 Å². The zero-order chi connectivity index (χ0) is 15.2. The first-order chi connectivity index (χ1) is 9.67. The molecular weight excluding hydrogens is 295 g/mol. The number of ether oxygens (including phenoxy) is 1. The van der Waals surface area contributed by atoms with Crippen molar-refractivity contribution in [2.24, 2.45) is 0 Å². The number of aromatic hydroxyl groups is 1. The second-order valence-electron chi connectivity index (χ2n) is 3.90. The molecule has 0 spiro atoms. The molecule has 0 atom stereocenters. The summed E-state index contributed by atoms with van der Waals surface area (Å²) in [6, 6.07) is 6.81. The van der Waals surface area contributed by atoms with Crippen LogP contribution in [0.15, 0.2) is 35.9 Å². The molecule has 0 saturated carbocycles. The number of phenols is 1. The first-order valence-corrected chi connectivity index (χ1v) is 6.45. The van der Waals surface area contributed by atoms with Gasteiger partial charge in [0.1, 0.15) is 5.75 Å². The van der Waals surface area contributed by atoms with E-state index in [4.69, 9.17) is 5.11 Å². The molecule has 21 heavy (non-hydrogen) atoms. The average molecular weight is 316 g/mol. The van der Waals surface area contributed by atoms with Crippen LogP contribution >= 0.6 is 0 Å². The number of benzene rings is 1. The molecule has 0 bridgehead atoms. The van der Waals surface area contributed by atoms with Crippen molar-refractivity contribution in [1.29, 1.82) is 0 Å². The number of hydrogen-bond donors (Lipinski definition) is 1. The van der Waals surface area contributed by atoms with Gasteiger partial charge in [-0.1, -0.05) is 32.4 Å². The van der Waals surface area contributed by atoms with Gasteiger partial charge in [-0.3, -0.25) is 4.79 Å². The Morgan fingerprint density at radius 2 is 1.90 bits per heavy atom.